The number of amides is 2. The van der Waals surface area contributed by atoms with Crippen LogP contribution in [0.4, 0.5) is 4.79 Å². The summed E-state index contributed by atoms with van der Waals surface area (Å²) in [6, 6.07) is -0.305. The zero-order valence-corrected chi connectivity index (χ0v) is 13.6. The summed E-state index contributed by atoms with van der Waals surface area (Å²) in [4.78, 5) is 11.8. The van der Waals surface area contributed by atoms with Gasteiger partial charge in [-0.2, -0.15) is 0 Å². The van der Waals surface area contributed by atoms with E-state index in [0.29, 0.717) is 18.8 Å². The lowest BCUT2D eigenvalue weighted by Crippen LogP contribution is -2.44. The molecule has 120 valence electrons. The van der Waals surface area contributed by atoms with Crippen LogP contribution in [0.15, 0.2) is 4.52 Å². The van der Waals surface area contributed by atoms with Crippen molar-refractivity contribution >= 4 is 6.03 Å². The number of aryl methyl sites for hydroxylation is 2. The summed E-state index contributed by atoms with van der Waals surface area (Å²) in [7, 11) is 0. The topological polar surface area (TPSA) is 87.4 Å². The molecule has 0 aromatic carbocycles. The number of rotatable bonds is 7. The zero-order valence-electron chi connectivity index (χ0n) is 13.6. The summed E-state index contributed by atoms with van der Waals surface area (Å²) in [6.07, 6.45) is 0.839. The second-order valence-electron chi connectivity index (χ2n) is 6.05. The van der Waals surface area contributed by atoms with Crippen LogP contribution in [0.1, 0.15) is 44.2 Å². The fourth-order valence-corrected chi connectivity index (χ4v) is 2.26. The van der Waals surface area contributed by atoms with Gasteiger partial charge in [0, 0.05) is 18.2 Å². The Hall–Kier alpha value is -1.56. The van der Waals surface area contributed by atoms with Crippen LogP contribution in [-0.2, 0) is 6.42 Å². The van der Waals surface area contributed by atoms with E-state index in [2.05, 4.69) is 15.8 Å². The number of aromatic nitrogens is 1. The van der Waals surface area contributed by atoms with E-state index >= 15 is 0 Å². The molecule has 6 heteroatoms. The van der Waals surface area contributed by atoms with Gasteiger partial charge in [-0.3, -0.25) is 0 Å². The molecule has 0 bridgehead atoms. The second kappa shape index (κ2) is 8.02. The third-order valence-corrected chi connectivity index (χ3v) is 3.31. The molecule has 0 aliphatic heterocycles. The number of aliphatic hydroxyl groups excluding tert-OH is 1. The van der Waals surface area contributed by atoms with E-state index in [1.165, 1.54) is 0 Å². The molecule has 6 nitrogen and oxygen atoms in total. The average molecular weight is 297 g/mol. The molecule has 3 N–H and O–H groups in total. The lowest BCUT2D eigenvalue weighted by molar-refractivity contribution is 0.146. The van der Waals surface area contributed by atoms with Gasteiger partial charge in [0.05, 0.1) is 11.8 Å². The van der Waals surface area contributed by atoms with Gasteiger partial charge >= 0.3 is 6.03 Å². The van der Waals surface area contributed by atoms with Crippen LogP contribution in [0.2, 0.25) is 0 Å². The first-order chi connectivity index (χ1) is 9.79. The van der Waals surface area contributed by atoms with Gasteiger partial charge in [-0.1, -0.05) is 19.0 Å². The van der Waals surface area contributed by atoms with Gasteiger partial charge in [-0.05, 0) is 39.5 Å². The number of hydrogen-bond donors (Lipinski definition) is 3. The largest absolute Gasteiger partial charge is 0.391 e. The van der Waals surface area contributed by atoms with Crippen LogP contribution >= 0.6 is 0 Å². The van der Waals surface area contributed by atoms with Crippen LogP contribution in [0.5, 0.6) is 0 Å². The van der Waals surface area contributed by atoms with Gasteiger partial charge in [0.15, 0.2) is 0 Å². The molecular formula is C15H27N3O3. The minimum absolute atomic E-state index is 0.0379. The van der Waals surface area contributed by atoms with Crippen molar-refractivity contribution in [2.75, 3.05) is 6.54 Å². The molecule has 1 rings (SSSR count). The molecule has 1 heterocycles. The molecule has 0 aliphatic carbocycles. The third-order valence-electron chi connectivity index (χ3n) is 3.31. The minimum atomic E-state index is -0.506. The molecule has 0 fully saturated rings. The van der Waals surface area contributed by atoms with Crippen molar-refractivity contribution in [1.82, 2.24) is 15.8 Å². The van der Waals surface area contributed by atoms with Gasteiger partial charge in [0.1, 0.15) is 5.76 Å². The van der Waals surface area contributed by atoms with Crippen LogP contribution in [0.3, 0.4) is 0 Å². The normalized spacial score (nSPS) is 14.0. The first-order valence-electron chi connectivity index (χ1n) is 7.43. The van der Waals surface area contributed by atoms with Crippen molar-refractivity contribution in [1.29, 1.82) is 0 Å². The van der Waals surface area contributed by atoms with Gasteiger partial charge in [-0.15, -0.1) is 0 Å². The number of urea groups is 1. The monoisotopic (exact) mass is 297 g/mol. The first-order valence-corrected chi connectivity index (χ1v) is 7.43. The van der Waals surface area contributed by atoms with E-state index in [0.717, 1.165) is 17.0 Å². The summed E-state index contributed by atoms with van der Waals surface area (Å²) in [6.45, 7) is 10.0. The molecule has 2 amide bonds. The standard InChI is InChI=1S/C15H27N3O3/c1-9(2)6-13(19)8-16-15(20)17-10(3)7-14-11(4)18-21-12(14)5/h9-10,13,19H,6-8H2,1-5H3,(H2,16,17,20). The summed E-state index contributed by atoms with van der Waals surface area (Å²) in [5, 5.41) is 19.2. The molecule has 2 atom stereocenters. The fraction of sp³-hybridized carbons (Fsp3) is 0.733. The Morgan fingerprint density at radius 3 is 2.52 bits per heavy atom. The van der Waals surface area contributed by atoms with Crippen LogP contribution in [0, 0.1) is 19.8 Å². The highest BCUT2D eigenvalue weighted by atomic mass is 16.5. The lowest BCUT2D eigenvalue weighted by Gasteiger charge is -2.17. The third kappa shape index (κ3) is 6.16. The predicted octanol–water partition coefficient (Wildman–Crippen LogP) is 1.93. The summed E-state index contributed by atoms with van der Waals surface area (Å²) >= 11 is 0. The molecule has 1 aromatic rings. The number of aliphatic hydroxyl groups is 1. The number of hydrogen-bond acceptors (Lipinski definition) is 4. The van der Waals surface area contributed by atoms with Crippen molar-refractivity contribution in [2.24, 2.45) is 5.92 Å². The number of carbonyl (C=O) groups is 1. The second-order valence-corrected chi connectivity index (χ2v) is 6.05. The molecule has 21 heavy (non-hydrogen) atoms. The highest BCUT2D eigenvalue weighted by Gasteiger charge is 2.15. The fourth-order valence-electron chi connectivity index (χ4n) is 2.26. The number of nitrogens with zero attached hydrogens (tertiary/aromatic N) is 1. The minimum Gasteiger partial charge on any atom is -0.391 e. The Morgan fingerprint density at radius 2 is 2.00 bits per heavy atom. The number of nitrogens with one attached hydrogen (secondary N) is 2. The highest BCUT2D eigenvalue weighted by molar-refractivity contribution is 5.74. The maximum absolute atomic E-state index is 11.8. The van der Waals surface area contributed by atoms with E-state index in [-0.39, 0.29) is 18.6 Å². The van der Waals surface area contributed by atoms with Crippen LogP contribution in [0.25, 0.3) is 0 Å². The summed E-state index contributed by atoms with van der Waals surface area (Å²) < 4.78 is 5.11. The molecule has 0 radical (unpaired) electrons. The highest BCUT2D eigenvalue weighted by Crippen LogP contribution is 2.14. The molecule has 2 unspecified atom stereocenters. The van der Waals surface area contributed by atoms with Crippen LogP contribution in [-0.4, -0.2) is 35.0 Å². The van der Waals surface area contributed by atoms with Crippen LogP contribution < -0.4 is 10.6 Å². The molecule has 0 spiro atoms. The Kier molecular flexibility index (Phi) is 6.68. The van der Waals surface area contributed by atoms with Gasteiger partial charge in [-0.25, -0.2) is 4.79 Å². The first kappa shape index (κ1) is 17.5. The van der Waals surface area contributed by atoms with Crippen molar-refractivity contribution in [3.8, 4) is 0 Å². The van der Waals surface area contributed by atoms with Crippen molar-refractivity contribution in [2.45, 2.75) is 59.6 Å². The molecule has 0 saturated carbocycles. The number of carbonyl (C=O) groups excluding carboxylic acids is 1. The predicted molar refractivity (Wildman–Crippen MR) is 81.1 cm³/mol. The summed E-state index contributed by atoms with van der Waals surface area (Å²) in [5.41, 5.74) is 1.89. The molecule has 0 saturated heterocycles. The van der Waals surface area contributed by atoms with Gasteiger partial charge in [0.25, 0.3) is 0 Å². The van der Waals surface area contributed by atoms with Crippen molar-refractivity contribution < 1.29 is 14.4 Å². The summed E-state index contributed by atoms with van der Waals surface area (Å²) in [5.74, 6) is 1.19. The molecule has 0 aliphatic rings. The SMILES string of the molecule is Cc1noc(C)c1CC(C)NC(=O)NCC(O)CC(C)C. The lowest BCUT2D eigenvalue weighted by atomic mass is 10.1. The van der Waals surface area contributed by atoms with E-state index in [1.807, 2.05) is 34.6 Å². The van der Waals surface area contributed by atoms with E-state index in [9.17, 15) is 9.90 Å². The Morgan fingerprint density at radius 1 is 1.33 bits per heavy atom. The zero-order chi connectivity index (χ0) is 16.0. The Bertz CT molecular complexity index is 438. The quantitative estimate of drug-likeness (QED) is 0.717. The maximum atomic E-state index is 11.8. The van der Waals surface area contributed by atoms with Crippen molar-refractivity contribution in [3.63, 3.8) is 0 Å². The van der Waals surface area contributed by atoms with E-state index in [1.54, 1.807) is 0 Å². The Labute approximate surface area is 126 Å². The average Bonchev–Trinajstić information content (AvgIpc) is 2.67. The van der Waals surface area contributed by atoms with E-state index < -0.39 is 6.10 Å². The van der Waals surface area contributed by atoms with E-state index in [4.69, 9.17) is 4.52 Å². The van der Waals surface area contributed by atoms with Crippen molar-refractivity contribution in [3.05, 3.63) is 17.0 Å². The smallest absolute Gasteiger partial charge is 0.315 e. The molecular weight excluding hydrogens is 270 g/mol. The van der Waals surface area contributed by atoms with Gasteiger partial charge in [0.2, 0.25) is 0 Å². The van der Waals surface area contributed by atoms with Gasteiger partial charge < -0.3 is 20.3 Å². The molecule has 1 aromatic heterocycles. The maximum Gasteiger partial charge on any atom is 0.315 e. The Balaban J connectivity index is 2.34.